The number of rotatable bonds is 4. The number of aromatic amines is 1. The maximum absolute atomic E-state index is 13.0. The van der Waals surface area contributed by atoms with Crippen LogP contribution in [0.4, 0.5) is 10.5 Å². The van der Waals surface area contributed by atoms with Gasteiger partial charge in [-0.1, -0.05) is 24.3 Å². The lowest BCUT2D eigenvalue weighted by molar-refractivity contribution is -0.0695. The molecule has 2 aromatic carbocycles. The number of carbonyl (C=O) groups excluding carboxylic acids is 1. The Balaban J connectivity index is 1.06. The Labute approximate surface area is 270 Å². The molecule has 9 heteroatoms. The predicted molar refractivity (Wildman–Crippen MR) is 177 cm³/mol. The summed E-state index contributed by atoms with van der Waals surface area (Å²) in [6, 6.07) is 11.7. The number of ether oxygens (including phenoxy) is 2. The van der Waals surface area contributed by atoms with Crippen LogP contribution < -0.4 is 10.6 Å². The molecule has 1 amide bonds. The van der Waals surface area contributed by atoms with Gasteiger partial charge < -0.3 is 25.1 Å². The zero-order chi connectivity index (χ0) is 31.2. The van der Waals surface area contributed by atoms with Crippen molar-refractivity contribution in [3.8, 4) is 22.4 Å². The number of amidine groups is 1. The number of amides is 1. The molecule has 1 saturated carbocycles. The van der Waals surface area contributed by atoms with Crippen molar-refractivity contribution in [2.24, 2.45) is 10.9 Å². The maximum Gasteiger partial charge on any atom is 0.410 e. The van der Waals surface area contributed by atoms with Gasteiger partial charge in [-0.15, -0.1) is 0 Å². The van der Waals surface area contributed by atoms with Gasteiger partial charge in [-0.3, -0.25) is 4.90 Å². The number of carbonyl (C=O) groups is 1. The van der Waals surface area contributed by atoms with Crippen LogP contribution in [0.2, 0.25) is 0 Å². The summed E-state index contributed by atoms with van der Waals surface area (Å²) in [6.45, 7) is 8.85. The molecule has 2 unspecified atom stereocenters. The monoisotopic (exact) mass is 620 g/mol. The first-order chi connectivity index (χ1) is 22.3. The molecule has 4 aliphatic heterocycles. The number of nitrogens with one attached hydrogen (secondary N) is 3. The van der Waals surface area contributed by atoms with Gasteiger partial charge in [-0.2, -0.15) is 0 Å². The molecular weight excluding hydrogens is 576 g/mol. The Morgan fingerprint density at radius 1 is 1.07 bits per heavy atom. The van der Waals surface area contributed by atoms with Crippen LogP contribution in [0.3, 0.4) is 0 Å². The van der Waals surface area contributed by atoms with Crippen LogP contribution in [-0.2, 0) is 21.4 Å². The summed E-state index contributed by atoms with van der Waals surface area (Å²) >= 11 is 0. The number of hydrogen-bond donors (Lipinski definition) is 3. The van der Waals surface area contributed by atoms with Crippen LogP contribution in [0.15, 0.2) is 41.5 Å². The van der Waals surface area contributed by atoms with E-state index in [-0.39, 0.29) is 23.7 Å². The quantitative estimate of drug-likeness (QED) is 0.309. The summed E-state index contributed by atoms with van der Waals surface area (Å²) in [5.41, 5.74) is 9.47. The number of fused-ring (bicyclic) bond motifs is 5. The van der Waals surface area contributed by atoms with Gasteiger partial charge in [0.1, 0.15) is 22.8 Å². The number of likely N-dealkylation sites (tertiary alicyclic amines) is 1. The topological polar surface area (TPSA) is 104 Å². The molecule has 0 radical (unpaired) electrons. The lowest BCUT2D eigenvalue weighted by Crippen LogP contribution is -2.63. The van der Waals surface area contributed by atoms with Crippen LogP contribution in [-0.4, -0.2) is 64.7 Å². The normalized spacial score (nSPS) is 27.3. The average Bonchev–Trinajstić information content (AvgIpc) is 3.81. The predicted octanol–water partition coefficient (Wildman–Crippen LogP) is 6.48. The molecule has 240 valence electrons. The molecule has 0 bridgehead atoms. The average molecular weight is 621 g/mol. The molecular formula is C37H44N6O3. The van der Waals surface area contributed by atoms with Crippen molar-refractivity contribution < 1.29 is 14.3 Å². The van der Waals surface area contributed by atoms with Crippen LogP contribution in [0.25, 0.3) is 22.4 Å². The van der Waals surface area contributed by atoms with Gasteiger partial charge in [0.15, 0.2) is 0 Å². The summed E-state index contributed by atoms with van der Waals surface area (Å²) in [6.07, 6.45) is 9.50. The van der Waals surface area contributed by atoms with E-state index in [4.69, 9.17) is 19.5 Å². The number of aromatic nitrogens is 2. The van der Waals surface area contributed by atoms with Crippen LogP contribution >= 0.6 is 0 Å². The van der Waals surface area contributed by atoms with E-state index in [1.54, 1.807) is 0 Å². The molecule has 6 aliphatic rings. The van der Waals surface area contributed by atoms with Gasteiger partial charge in [0.2, 0.25) is 0 Å². The van der Waals surface area contributed by atoms with Crippen LogP contribution in [0, 0.1) is 5.92 Å². The van der Waals surface area contributed by atoms with Crippen LogP contribution in [0.1, 0.15) is 93.8 Å². The van der Waals surface area contributed by atoms with E-state index >= 15 is 0 Å². The highest BCUT2D eigenvalue weighted by Crippen LogP contribution is 2.56. The van der Waals surface area contributed by atoms with Crippen molar-refractivity contribution in [2.45, 2.75) is 94.9 Å². The first kappa shape index (κ1) is 28.5. The highest BCUT2D eigenvalue weighted by atomic mass is 16.6. The van der Waals surface area contributed by atoms with E-state index in [1.165, 1.54) is 52.6 Å². The smallest absolute Gasteiger partial charge is 0.410 e. The molecule has 1 spiro atoms. The number of H-pyrrole nitrogens is 1. The van der Waals surface area contributed by atoms with Crippen LogP contribution in [0.5, 0.6) is 0 Å². The van der Waals surface area contributed by atoms with Gasteiger partial charge in [0.25, 0.3) is 0 Å². The third-order valence-corrected chi connectivity index (χ3v) is 11.2. The minimum Gasteiger partial charge on any atom is -0.444 e. The summed E-state index contributed by atoms with van der Waals surface area (Å²) in [4.78, 5) is 28.6. The molecule has 5 heterocycles. The standard InChI is InChI=1S/C37H44N6O3/c1-36(2,3)46-35(44)43-15-5-7-31(43)34-39-18-30(41-34)25-12-11-23(26-16-21-8-10-24(21)32(25)26)22-9-13-27-29(17-22)40-33(28-6-4-14-38-28)42-37(27)19-45-20-37/h9,11-13,17-18,21,24,28,31,38H,4-8,10,14-16,19-20H2,1-3H3,(H,39,41)(H,40,42)/t21?,24?,28-,31-/m0/s1. The summed E-state index contributed by atoms with van der Waals surface area (Å²) < 4.78 is 11.5. The molecule has 4 atom stereocenters. The van der Waals surface area contributed by atoms with Gasteiger partial charge in [-0.05, 0) is 112 Å². The van der Waals surface area contributed by atoms with Crippen molar-refractivity contribution in [1.29, 1.82) is 0 Å². The van der Waals surface area contributed by atoms with Crippen molar-refractivity contribution in [2.75, 3.05) is 26.3 Å². The van der Waals surface area contributed by atoms with Crippen molar-refractivity contribution >= 4 is 17.6 Å². The third-order valence-electron chi connectivity index (χ3n) is 11.2. The SMILES string of the molecule is CC(C)(C)OC(=O)N1CCC[C@H]1c1ncc(-c2ccc(-c3ccc4c(c3)N=C([C@@H]3CCCN3)NC43COC3)c3c2C2CCC2C3)[nH]1. The molecule has 3 saturated heterocycles. The first-order valence-electron chi connectivity index (χ1n) is 17.3. The zero-order valence-electron chi connectivity index (χ0n) is 27.1. The number of benzene rings is 2. The summed E-state index contributed by atoms with van der Waals surface area (Å²) in [5.74, 6) is 3.22. The van der Waals surface area contributed by atoms with E-state index in [9.17, 15) is 4.79 Å². The Morgan fingerprint density at radius 2 is 1.93 bits per heavy atom. The second kappa shape index (κ2) is 10.4. The number of aliphatic imine (C=N–C) groups is 1. The van der Waals surface area contributed by atoms with Gasteiger partial charge in [0, 0.05) is 17.7 Å². The van der Waals surface area contributed by atoms with Gasteiger partial charge >= 0.3 is 6.09 Å². The molecule has 1 aromatic heterocycles. The third kappa shape index (κ3) is 4.53. The van der Waals surface area contributed by atoms with Crippen molar-refractivity contribution in [3.63, 3.8) is 0 Å². The largest absolute Gasteiger partial charge is 0.444 e. The Kier molecular flexibility index (Phi) is 6.45. The van der Waals surface area contributed by atoms with E-state index < -0.39 is 5.60 Å². The Bertz CT molecular complexity index is 1740. The molecule has 2 aliphatic carbocycles. The fraction of sp³-hybridized carbons (Fsp3) is 0.541. The maximum atomic E-state index is 13.0. The summed E-state index contributed by atoms with van der Waals surface area (Å²) in [7, 11) is 0. The van der Waals surface area contributed by atoms with E-state index in [0.29, 0.717) is 31.6 Å². The molecule has 9 nitrogen and oxygen atoms in total. The van der Waals surface area contributed by atoms with Gasteiger partial charge in [-0.25, -0.2) is 14.8 Å². The van der Waals surface area contributed by atoms with Crippen molar-refractivity contribution in [3.05, 3.63) is 59.0 Å². The highest BCUT2D eigenvalue weighted by Gasteiger charge is 2.47. The molecule has 3 N–H and O–H groups in total. The summed E-state index contributed by atoms with van der Waals surface area (Å²) in [5, 5.41) is 7.41. The highest BCUT2D eigenvalue weighted by molar-refractivity contribution is 5.94. The first-order valence-corrected chi connectivity index (χ1v) is 17.3. The minimum atomic E-state index is -0.524. The number of hydrogen-bond acceptors (Lipinski definition) is 7. The fourth-order valence-corrected chi connectivity index (χ4v) is 8.79. The second-order valence-corrected chi connectivity index (χ2v) is 15.3. The van der Waals surface area contributed by atoms with Crippen molar-refractivity contribution in [1.82, 2.24) is 25.5 Å². The molecule has 3 aromatic rings. The molecule has 9 rings (SSSR count). The van der Waals surface area contributed by atoms with Gasteiger partial charge in [0.05, 0.1) is 42.9 Å². The Hall–Kier alpha value is -3.69. The minimum absolute atomic E-state index is 0.0911. The zero-order valence-corrected chi connectivity index (χ0v) is 27.1. The number of imidazole rings is 1. The Morgan fingerprint density at radius 3 is 2.67 bits per heavy atom. The molecule has 4 fully saturated rings. The van der Waals surface area contributed by atoms with E-state index in [0.717, 1.165) is 55.3 Å². The second-order valence-electron chi connectivity index (χ2n) is 15.3. The molecule has 46 heavy (non-hydrogen) atoms. The number of nitrogens with zero attached hydrogens (tertiary/aromatic N) is 3. The van der Waals surface area contributed by atoms with E-state index in [2.05, 4.69) is 45.9 Å². The fourth-order valence-electron chi connectivity index (χ4n) is 8.79. The lowest BCUT2D eigenvalue weighted by atomic mass is 9.73. The lowest BCUT2D eigenvalue weighted by Gasteiger charge is -2.46. The van der Waals surface area contributed by atoms with E-state index in [1.807, 2.05) is 31.9 Å².